The van der Waals surface area contributed by atoms with Crippen LogP contribution in [-0.2, 0) is 4.74 Å². The van der Waals surface area contributed by atoms with Crippen LogP contribution in [0.25, 0.3) is 0 Å². The number of unbranched alkanes of at least 4 members (excludes halogenated alkanes) is 4. The van der Waals surface area contributed by atoms with Gasteiger partial charge in [0.15, 0.2) is 0 Å². The Balaban J connectivity index is 2.08. The number of hydrogen-bond acceptors (Lipinski definition) is 2. The molecular formula is C12H24O2. The maximum absolute atomic E-state index is 9.34. The topological polar surface area (TPSA) is 29.5 Å². The van der Waals surface area contributed by atoms with Gasteiger partial charge in [-0.2, -0.15) is 0 Å². The minimum atomic E-state index is 0.117. The van der Waals surface area contributed by atoms with Crippen LogP contribution in [0.3, 0.4) is 0 Å². The van der Waals surface area contributed by atoms with Crippen molar-refractivity contribution in [3.8, 4) is 0 Å². The molecule has 0 aromatic heterocycles. The van der Waals surface area contributed by atoms with Crippen molar-refractivity contribution in [1.29, 1.82) is 0 Å². The summed E-state index contributed by atoms with van der Waals surface area (Å²) in [6.45, 7) is 4.16. The van der Waals surface area contributed by atoms with E-state index in [4.69, 9.17) is 4.74 Å². The highest BCUT2D eigenvalue weighted by molar-refractivity contribution is 4.82. The van der Waals surface area contributed by atoms with Crippen molar-refractivity contribution in [2.24, 2.45) is 5.41 Å². The largest absolute Gasteiger partial charge is 0.396 e. The first-order chi connectivity index (χ1) is 6.83. The van der Waals surface area contributed by atoms with Crippen molar-refractivity contribution in [2.75, 3.05) is 19.8 Å². The van der Waals surface area contributed by atoms with Crippen molar-refractivity contribution < 1.29 is 9.84 Å². The quantitative estimate of drug-likeness (QED) is 0.640. The van der Waals surface area contributed by atoms with Crippen molar-refractivity contribution in [1.82, 2.24) is 0 Å². The van der Waals surface area contributed by atoms with Crippen molar-refractivity contribution in [2.45, 2.75) is 51.9 Å². The van der Waals surface area contributed by atoms with Crippen LogP contribution in [0.4, 0.5) is 0 Å². The van der Waals surface area contributed by atoms with Crippen LogP contribution in [0.1, 0.15) is 51.9 Å². The summed E-state index contributed by atoms with van der Waals surface area (Å²) in [5.74, 6) is 0. The molecule has 1 saturated heterocycles. The van der Waals surface area contributed by atoms with Crippen LogP contribution in [0.15, 0.2) is 0 Å². The lowest BCUT2D eigenvalue weighted by Gasteiger charge is -2.24. The summed E-state index contributed by atoms with van der Waals surface area (Å²) in [6.07, 6.45) is 8.76. The Bertz CT molecular complexity index is 139. The molecule has 1 fully saturated rings. The first-order valence-electron chi connectivity index (χ1n) is 6.01. The van der Waals surface area contributed by atoms with E-state index in [1.807, 2.05) is 0 Å². The lowest BCUT2D eigenvalue weighted by Crippen LogP contribution is -2.25. The number of hydrogen-bond donors (Lipinski definition) is 1. The average molecular weight is 200 g/mol. The van der Waals surface area contributed by atoms with E-state index in [0.29, 0.717) is 6.61 Å². The van der Waals surface area contributed by atoms with E-state index in [0.717, 1.165) is 26.1 Å². The van der Waals surface area contributed by atoms with Gasteiger partial charge >= 0.3 is 0 Å². The Morgan fingerprint density at radius 3 is 2.57 bits per heavy atom. The highest BCUT2D eigenvalue weighted by atomic mass is 16.5. The molecule has 0 aliphatic carbocycles. The van der Waals surface area contributed by atoms with Gasteiger partial charge in [0.25, 0.3) is 0 Å². The van der Waals surface area contributed by atoms with Gasteiger partial charge in [0.1, 0.15) is 0 Å². The summed E-state index contributed by atoms with van der Waals surface area (Å²) >= 11 is 0. The van der Waals surface area contributed by atoms with Gasteiger partial charge < -0.3 is 9.84 Å². The lowest BCUT2D eigenvalue weighted by molar-refractivity contribution is 0.0842. The summed E-state index contributed by atoms with van der Waals surface area (Å²) in [7, 11) is 0. The zero-order valence-electron chi connectivity index (χ0n) is 9.43. The monoisotopic (exact) mass is 200 g/mol. The van der Waals surface area contributed by atoms with E-state index in [-0.39, 0.29) is 5.41 Å². The molecule has 0 aromatic carbocycles. The average Bonchev–Trinajstić information content (AvgIpc) is 2.67. The number of aliphatic hydroxyl groups is 1. The summed E-state index contributed by atoms with van der Waals surface area (Å²) in [5.41, 5.74) is 0.117. The molecule has 2 nitrogen and oxygen atoms in total. The van der Waals surface area contributed by atoms with E-state index >= 15 is 0 Å². The summed E-state index contributed by atoms with van der Waals surface area (Å²) in [4.78, 5) is 0. The number of rotatable bonds is 7. The zero-order chi connectivity index (χ0) is 10.3. The van der Waals surface area contributed by atoms with Gasteiger partial charge in [0.2, 0.25) is 0 Å². The van der Waals surface area contributed by atoms with Gasteiger partial charge in [-0.1, -0.05) is 39.0 Å². The predicted octanol–water partition coefficient (Wildman–Crippen LogP) is 2.75. The first kappa shape index (κ1) is 12.0. The van der Waals surface area contributed by atoms with Gasteiger partial charge in [-0.3, -0.25) is 0 Å². The molecule has 1 N–H and O–H groups in total. The molecule has 1 atom stereocenters. The third-order valence-corrected chi connectivity index (χ3v) is 3.33. The minimum absolute atomic E-state index is 0.117. The van der Waals surface area contributed by atoms with Crippen molar-refractivity contribution in [3.05, 3.63) is 0 Å². The van der Waals surface area contributed by atoms with E-state index in [9.17, 15) is 5.11 Å². The standard InChI is InChI=1S/C12H24O2/c1-2-3-4-5-6-7-12(10-13)8-9-14-11-12/h13H,2-11H2,1H3. The van der Waals surface area contributed by atoms with E-state index < -0.39 is 0 Å². The second kappa shape index (κ2) is 6.41. The molecule has 0 radical (unpaired) electrons. The fraction of sp³-hybridized carbons (Fsp3) is 1.00. The SMILES string of the molecule is CCCCCCCC1(CO)CCOC1. The summed E-state index contributed by atoms with van der Waals surface area (Å²) in [5, 5.41) is 9.34. The third-order valence-electron chi connectivity index (χ3n) is 3.33. The summed E-state index contributed by atoms with van der Waals surface area (Å²) in [6, 6.07) is 0. The van der Waals surface area contributed by atoms with E-state index in [1.54, 1.807) is 0 Å². The molecule has 1 rings (SSSR count). The Hall–Kier alpha value is -0.0800. The van der Waals surface area contributed by atoms with Crippen LogP contribution < -0.4 is 0 Å². The van der Waals surface area contributed by atoms with Gasteiger partial charge in [-0.25, -0.2) is 0 Å². The van der Waals surface area contributed by atoms with Crippen LogP contribution in [0.5, 0.6) is 0 Å². The Labute approximate surface area is 87.7 Å². The third kappa shape index (κ3) is 3.58. The maximum atomic E-state index is 9.34. The highest BCUT2D eigenvalue weighted by Crippen LogP contribution is 2.33. The molecule has 84 valence electrons. The van der Waals surface area contributed by atoms with Gasteiger partial charge in [-0.15, -0.1) is 0 Å². The number of aliphatic hydroxyl groups excluding tert-OH is 1. The Morgan fingerprint density at radius 2 is 2.00 bits per heavy atom. The smallest absolute Gasteiger partial charge is 0.0545 e. The van der Waals surface area contributed by atoms with Crippen LogP contribution in [0.2, 0.25) is 0 Å². The Morgan fingerprint density at radius 1 is 1.21 bits per heavy atom. The normalized spacial score (nSPS) is 27.0. The summed E-state index contributed by atoms with van der Waals surface area (Å²) < 4.78 is 5.37. The second-order valence-electron chi connectivity index (χ2n) is 4.62. The van der Waals surface area contributed by atoms with Crippen LogP contribution in [-0.4, -0.2) is 24.9 Å². The molecule has 0 saturated carbocycles. The van der Waals surface area contributed by atoms with Crippen LogP contribution >= 0.6 is 0 Å². The lowest BCUT2D eigenvalue weighted by atomic mass is 9.83. The van der Waals surface area contributed by atoms with Gasteiger partial charge in [0, 0.05) is 12.0 Å². The molecule has 0 bridgehead atoms. The zero-order valence-corrected chi connectivity index (χ0v) is 9.43. The molecule has 0 amide bonds. The minimum Gasteiger partial charge on any atom is -0.396 e. The molecule has 2 heteroatoms. The van der Waals surface area contributed by atoms with Crippen LogP contribution in [0, 0.1) is 5.41 Å². The molecule has 0 spiro atoms. The molecule has 1 aliphatic heterocycles. The van der Waals surface area contributed by atoms with E-state index in [2.05, 4.69) is 6.92 Å². The highest BCUT2D eigenvalue weighted by Gasteiger charge is 2.33. The number of ether oxygens (including phenoxy) is 1. The molecule has 14 heavy (non-hydrogen) atoms. The van der Waals surface area contributed by atoms with Crippen molar-refractivity contribution >= 4 is 0 Å². The first-order valence-corrected chi connectivity index (χ1v) is 6.01. The van der Waals surface area contributed by atoms with Crippen molar-refractivity contribution in [3.63, 3.8) is 0 Å². The fourth-order valence-electron chi connectivity index (χ4n) is 2.15. The predicted molar refractivity (Wildman–Crippen MR) is 58.3 cm³/mol. The molecule has 0 aromatic rings. The second-order valence-corrected chi connectivity index (χ2v) is 4.62. The molecule has 1 aliphatic rings. The Kier molecular flexibility index (Phi) is 5.49. The fourth-order valence-corrected chi connectivity index (χ4v) is 2.15. The van der Waals surface area contributed by atoms with Gasteiger partial charge in [-0.05, 0) is 12.8 Å². The van der Waals surface area contributed by atoms with Gasteiger partial charge in [0.05, 0.1) is 13.2 Å². The molecule has 1 heterocycles. The van der Waals surface area contributed by atoms with E-state index in [1.165, 1.54) is 32.1 Å². The maximum Gasteiger partial charge on any atom is 0.0545 e. The molecule has 1 unspecified atom stereocenters. The molecular weight excluding hydrogens is 176 g/mol.